The first-order valence-corrected chi connectivity index (χ1v) is 7.61. The number of hydrogen-bond acceptors (Lipinski definition) is 2. The van der Waals surface area contributed by atoms with E-state index >= 15 is 0 Å². The number of pyridine rings is 1. The van der Waals surface area contributed by atoms with Crippen LogP contribution in [0, 0.1) is 0 Å². The minimum Gasteiger partial charge on any atom is -0.356 e. The number of benzene rings is 1. The smallest absolute Gasteiger partial charge is 0.250 e. The third-order valence-electron chi connectivity index (χ3n) is 3.11. The fourth-order valence-electron chi connectivity index (χ4n) is 2.00. The largest absolute Gasteiger partial charge is 0.356 e. The normalized spacial score (nSPS) is 10.3. The molecule has 2 aromatic rings. The minimum atomic E-state index is -0.0166. The molecule has 0 aliphatic heterocycles. The fraction of sp³-hybridized carbons (Fsp3) is 0.250. The van der Waals surface area contributed by atoms with Gasteiger partial charge >= 0.3 is 0 Å². The van der Waals surface area contributed by atoms with Crippen LogP contribution in [0.15, 0.2) is 57.9 Å². The quantitative estimate of drug-likeness (QED) is 0.814. The average Bonchev–Trinajstić information content (AvgIpc) is 2.48. The molecule has 21 heavy (non-hydrogen) atoms. The first kappa shape index (κ1) is 15.5. The van der Waals surface area contributed by atoms with Gasteiger partial charge in [-0.05, 0) is 24.1 Å². The molecule has 0 fully saturated rings. The van der Waals surface area contributed by atoms with Crippen LogP contribution in [0.3, 0.4) is 0 Å². The number of rotatable bonds is 6. The lowest BCUT2D eigenvalue weighted by Gasteiger charge is -2.08. The van der Waals surface area contributed by atoms with E-state index in [0.717, 1.165) is 16.5 Å². The highest BCUT2D eigenvalue weighted by molar-refractivity contribution is 9.10. The maximum atomic E-state index is 11.8. The minimum absolute atomic E-state index is 0.0118. The van der Waals surface area contributed by atoms with E-state index < -0.39 is 0 Å². The van der Waals surface area contributed by atoms with Gasteiger partial charge < -0.3 is 9.88 Å². The van der Waals surface area contributed by atoms with Gasteiger partial charge in [0.15, 0.2) is 0 Å². The van der Waals surface area contributed by atoms with E-state index in [1.807, 2.05) is 30.3 Å². The highest BCUT2D eigenvalue weighted by atomic mass is 79.9. The molecule has 1 aromatic carbocycles. The molecular formula is C16H17BrN2O2. The number of halogens is 1. The standard InChI is InChI=1S/C16H17BrN2O2/c17-14-7-2-1-6-13(14)12-15(20)18-9-5-11-19-10-4-3-8-16(19)21/h1-4,6-8,10H,5,9,11-12H2,(H,18,20). The molecule has 1 amide bonds. The van der Waals surface area contributed by atoms with Crippen molar-refractivity contribution in [2.75, 3.05) is 6.54 Å². The number of nitrogens with one attached hydrogen (secondary N) is 1. The zero-order chi connectivity index (χ0) is 15.1. The van der Waals surface area contributed by atoms with Crippen LogP contribution in [0.1, 0.15) is 12.0 Å². The Morgan fingerprint density at radius 1 is 1.14 bits per heavy atom. The number of carbonyl (C=O) groups is 1. The molecule has 2 rings (SSSR count). The Morgan fingerprint density at radius 3 is 2.67 bits per heavy atom. The van der Waals surface area contributed by atoms with E-state index in [-0.39, 0.29) is 11.5 Å². The van der Waals surface area contributed by atoms with Crippen molar-refractivity contribution in [3.05, 3.63) is 69.1 Å². The second-order valence-corrected chi connectivity index (χ2v) is 5.56. The molecule has 1 N–H and O–H groups in total. The molecule has 4 nitrogen and oxygen atoms in total. The number of nitrogens with zero attached hydrogens (tertiary/aromatic N) is 1. The van der Waals surface area contributed by atoms with E-state index in [0.29, 0.717) is 19.5 Å². The number of aryl methyl sites for hydroxylation is 1. The van der Waals surface area contributed by atoms with Gasteiger partial charge in [0.1, 0.15) is 0 Å². The molecule has 1 heterocycles. The van der Waals surface area contributed by atoms with Crippen molar-refractivity contribution >= 4 is 21.8 Å². The van der Waals surface area contributed by atoms with E-state index in [9.17, 15) is 9.59 Å². The second-order valence-electron chi connectivity index (χ2n) is 4.70. The molecule has 0 bridgehead atoms. The summed E-state index contributed by atoms with van der Waals surface area (Å²) in [6.07, 6.45) is 2.84. The Labute approximate surface area is 131 Å². The first-order valence-electron chi connectivity index (χ1n) is 6.82. The summed E-state index contributed by atoms with van der Waals surface area (Å²) in [5.41, 5.74) is 0.950. The molecule has 1 aromatic heterocycles. The summed E-state index contributed by atoms with van der Waals surface area (Å²) in [7, 11) is 0. The molecule has 0 unspecified atom stereocenters. The zero-order valence-electron chi connectivity index (χ0n) is 11.6. The van der Waals surface area contributed by atoms with Crippen LogP contribution >= 0.6 is 15.9 Å². The van der Waals surface area contributed by atoms with Crippen molar-refractivity contribution in [2.45, 2.75) is 19.4 Å². The van der Waals surface area contributed by atoms with Crippen LogP contribution in [0.4, 0.5) is 0 Å². The summed E-state index contributed by atoms with van der Waals surface area (Å²) in [6, 6.07) is 12.8. The van der Waals surface area contributed by atoms with Crippen LogP contribution in [0.2, 0.25) is 0 Å². The molecule has 5 heteroatoms. The van der Waals surface area contributed by atoms with E-state index in [1.54, 1.807) is 16.8 Å². The summed E-state index contributed by atoms with van der Waals surface area (Å²) in [4.78, 5) is 23.3. The third-order valence-corrected chi connectivity index (χ3v) is 3.88. The predicted octanol–water partition coefficient (Wildman–Crippen LogP) is 2.36. The van der Waals surface area contributed by atoms with Crippen molar-refractivity contribution in [1.29, 1.82) is 0 Å². The van der Waals surface area contributed by atoms with Crippen molar-refractivity contribution in [3.63, 3.8) is 0 Å². The van der Waals surface area contributed by atoms with Gasteiger partial charge in [-0.1, -0.05) is 40.2 Å². The second kappa shape index (κ2) is 7.78. The van der Waals surface area contributed by atoms with E-state index in [2.05, 4.69) is 21.2 Å². The lowest BCUT2D eigenvalue weighted by molar-refractivity contribution is -0.120. The Balaban J connectivity index is 1.74. The summed E-state index contributed by atoms with van der Waals surface area (Å²) in [5, 5.41) is 2.87. The van der Waals surface area contributed by atoms with Crippen molar-refractivity contribution < 1.29 is 4.79 Å². The molecule has 0 saturated carbocycles. The molecule has 0 saturated heterocycles. The Morgan fingerprint density at radius 2 is 1.90 bits per heavy atom. The highest BCUT2D eigenvalue weighted by Crippen LogP contribution is 2.16. The van der Waals surface area contributed by atoms with Crippen LogP contribution < -0.4 is 10.9 Å². The van der Waals surface area contributed by atoms with Gasteiger partial charge in [0.25, 0.3) is 0 Å². The van der Waals surface area contributed by atoms with Gasteiger partial charge in [0.2, 0.25) is 11.5 Å². The van der Waals surface area contributed by atoms with Gasteiger partial charge in [-0.3, -0.25) is 9.59 Å². The van der Waals surface area contributed by atoms with Gasteiger partial charge in [-0.15, -0.1) is 0 Å². The summed E-state index contributed by atoms with van der Waals surface area (Å²) < 4.78 is 2.58. The van der Waals surface area contributed by atoms with Crippen LogP contribution in [0.5, 0.6) is 0 Å². The monoisotopic (exact) mass is 348 g/mol. The first-order chi connectivity index (χ1) is 10.2. The van der Waals surface area contributed by atoms with Crippen molar-refractivity contribution in [1.82, 2.24) is 9.88 Å². The average molecular weight is 349 g/mol. The summed E-state index contributed by atoms with van der Waals surface area (Å²) >= 11 is 3.43. The van der Waals surface area contributed by atoms with Gasteiger partial charge in [0, 0.05) is 29.8 Å². The Kier molecular flexibility index (Phi) is 5.75. The van der Waals surface area contributed by atoms with Crippen LogP contribution in [-0.2, 0) is 17.8 Å². The molecular weight excluding hydrogens is 332 g/mol. The lowest BCUT2D eigenvalue weighted by Crippen LogP contribution is -2.28. The molecule has 0 spiro atoms. The van der Waals surface area contributed by atoms with Crippen molar-refractivity contribution in [3.8, 4) is 0 Å². The summed E-state index contributed by atoms with van der Waals surface area (Å²) in [6.45, 7) is 1.17. The van der Waals surface area contributed by atoms with Crippen molar-refractivity contribution in [2.24, 2.45) is 0 Å². The number of aromatic nitrogens is 1. The number of carbonyl (C=O) groups excluding carboxylic acids is 1. The lowest BCUT2D eigenvalue weighted by atomic mass is 10.1. The highest BCUT2D eigenvalue weighted by Gasteiger charge is 2.05. The molecule has 0 atom stereocenters. The van der Waals surface area contributed by atoms with Gasteiger partial charge in [-0.25, -0.2) is 0 Å². The third kappa shape index (κ3) is 4.86. The number of amides is 1. The SMILES string of the molecule is O=C(Cc1ccccc1Br)NCCCn1ccccc1=O. The summed E-state index contributed by atoms with van der Waals surface area (Å²) in [5.74, 6) is -0.0118. The maximum Gasteiger partial charge on any atom is 0.250 e. The van der Waals surface area contributed by atoms with Crippen LogP contribution in [0.25, 0.3) is 0 Å². The Bertz CT molecular complexity index is 667. The number of hydrogen-bond donors (Lipinski definition) is 1. The zero-order valence-corrected chi connectivity index (χ0v) is 13.2. The van der Waals surface area contributed by atoms with Gasteiger partial charge in [-0.2, -0.15) is 0 Å². The molecule has 0 radical (unpaired) electrons. The Hall–Kier alpha value is -1.88. The fourth-order valence-corrected chi connectivity index (χ4v) is 2.42. The van der Waals surface area contributed by atoms with Crippen LogP contribution in [-0.4, -0.2) is 17.0 Å². The molecule has 0 aliphatic rings. The predicted molar refractivity (Wildman–Crippen MR) is 86.2 cm³/mol. The van der Waals surface area contributed by atoms with E-state index in [4.69, 9.17) is 0 Å². The molecule has 110 valence electrons. The van der Waals surface area contributed by atoms with Gasteiger partial charge in [0.05, 0.1) is 6.42 Å². The topological polar surface area (TPSA) is 51.1 Å². The maximum absolute atomic E-state index is 11.8. The van der Waals surface area contributed by atoms with E-state index in [1.165, 1.54) is 6.07 Å². The molecule has 0 aliphatic carbocycles.